The molecule has 0 bridgehead atoms. The Labute approximate surface area is 114 Å². The van der Waals surface area contributed by atoms with Crippen molar-refractivity contribution in [1.29, 1.82) is 0 Å². The second-order valence-electron chi connectivity index (χ2n) is 3.59. The first-order chi connectivity index (χ1) is 8.97. The van der Waals surface area contributed by atoms with E-state index in [1.807, 2.05) is 0 Å². The van der Waals surface area contributed by atoms with Gasteiger partial charge in [0.1, 0.15) is 11.4 Å². The molecule has 0 saturated carbocycles. The Balaban J connectivity index is 2.84. The molecule has 1 aromatic carbocycles. The minimum Gasteiger partial charge on any atom is -0.478 e. The van der Waals surface area contributed by atoms with Gasteiger partial charge in [-0.15, -0.1) is 23.1 Å². The number of carbonyl (C=O) groups is 1. The number of thioether (sulfide) groups is 1. The smallest absolute Gasteiger partial charge is 0.340 e. The van der Waals surface area contributed by atoms with Gasteiger partial charge < -0.3 is 5.11 Å². The van der Waals surface area contributed by atoms with E-state index in [4.69, 9.17) is 5.11 Å². The molecule has 0 saturated heterocycles. The monoisotopic (exact) mass is 302 g/mol. The van der Waals surface area contributed by atoms with Crippen LogP contribution >= 0.6 is 23.1 Å². The van der Waals surface area contributed by atoms with Crippen LogP contribution in [0.5, 0.6) is 0 Å². The molecule has 0 amide bonds. The molecule has 3 nitrogen and oxygen atoms in total. The van der Waals surface area contributed by atoms with E-state index in [2.05, 4.69) is 0 Å². The molecule has 0 radical (unpaired) electrons. The number of fused-ring (bicyclic) bond motifs is 1. The van der Waals surface area contributed by atoms with Crippen LogP contribution in [0.3, 0.4) is 0 Å². The Morgan fingerprint density at radius 2 is 2.16 bits per heavy atom. The molecule has 0 aliphatic carbocycles. The van der Waals surface area contributed by atoms with Crippen LogP contribution in [0, 0.1) is 11.6 Å². The summed E-state index contributed by atoms with van der Waals surface area (Å²) in [6.45, 7) is 1.75. The van der Waals surface area contributed by atoms with Crippen molar-refractivity contribution in [2.45, 2.75) is 11.8 Å². The first-order valence-electron chi connectivity index (χ1n) is 5.27. The normalized spacial score (nSPS) is 10.9. The number of hydrogen-bond acceptors (Lipinski definition) is 4. The summed E-state index contributed by atoms with van der Waals surface area (Å²) >= 11 is 1.78. The topological polar surface area (TPSA) is 54.4 Å². The van der Waals surface area contributed by atoms with Crippen LogP contribution in [0.1, 0.15) is 17.3 Å². The van der Waals surface area contributed by atoms with Crippen molar-refractivity contribution in [2.24, 2.45) is 0 Å². The van der Waals surface area contributed by atoms with Gasteiger partial charge in [0.05, 0.1) is 9.60 Å². The third kappa shape index (κ3) is 2.35. The maximum Gasteiger partial charge on any atom is 0.340 e. The zero-order chi connectivity index (χ0) is 14.2. The van der Waals surface area contributed by atoms with Crippen molar-refractivity contribution < 1.29 is 18.7 Å². The second-order valence-corrected chi connectivity index (χ2v) is 5.75. The molecule has 2 aromatic rings. The van der Waals surface area contributed by atoms with Crippen LogP contribution in [0.4, 0.5) is 8.78 Å². The second kappa shape index (κ2) is 5.26. The highest BCUT2D eigenvalue weighted by atomic mass is 32.2. The molecule has 0 fully saturated rings. The predicted molar refractivity (Wildman–Crippen MR) is 71.4 cm³/mol. The van der Waals surface area contributed by atoms with E-state index in [0.29, 0.717) is 5.75 Å². The molecule has 19 heavy (non-hydrogen) atoms. The number of halogens is 2. The lowest BCUT2D eigenvalue weighted by Gasteiger charge is -2.06. The van der Waals surface area contributed by atoms with Gasteiger partial charge in [0.25, 0.3) is 0 Å². The number of rotatable bonds is 3. The summed E-state index contributed by atoms with van der Waals surface area (Å²) in [7, 11) is 0. The first kappa shape index (κ1) is 14.0. The summed E-state index contributed by atoms with van der Waals surface area (Å²) in [5.41, 5.74) is -1.35. The molecular formula is C12H8F2O3S2. The van der Waals surface area contributed by atoms with Gasteiger partial charge in [0.15, 0.2) is 5.82 Å². The van der Waals surface area contributed by atoms with Crippen LogP contribution in [-0.2, 0) is 0 Å². The van der Waals surface area contributed by atoms with E-state index in [1.54, 1.807) is 6.92 Å². The Hall–Kier alpha value is -1.47. The van der Waals surface area contributed by atoms with E-state index in [9.17, 15) is 18.4 Å². The molecule has 1 heterocycles. The molecule has 1 aromatic heterocycles. The van der Waals surface area contributed by atoms with Gasteiger partial charge in [-0.1, -0.05) is 6.92 Å². The molecule has 7 heteroatoms. The van der Waals surface area contributed by atoms with E-state index >= 15 is 0 Å². The summed E-state index contributed by atoms with van der Waals surface area (Å²) in [5.74, 6) is -2.57. The first-order valence-corrected chi connectivity index (χ1v) is 7.13. The van der Waals surface area contributed by atoms with Gasteiger partial charge in [-0.2, -0.15) is 0 Å². The molecule has 2 rings (SSSR count). The lowest BCUT2D eigenvalue weighted by molar-refractivity contribution is 0.0696. The van der Waals surface area contributed by atoms with Crippen molar-refractivity contribution in [3.63, 3.8) is 0 Å². The molecular weight excluding hydrogens is 294 g/mol. The molecule has 100 valence electrons. The van der Waals surface area contributed by atoms with Gasteiger partial charge in [0.2, 0.25) is 5.43 Å². The summed E-state index contributed by atoms with van der Waals surface area (Å²) in [4.78, 5) is 22.5. The third-order valence-electron chi connectivity index (χ3n) is 2.43. The van der Waals surface area contributed by atoms with Gasteiger partial charge in [-0.25, -0.2) is 13.6 Å². The van der Waals surface area contributed by atoms with Crippen molar-refractivity contribution in [3.8, 4) is 0 Å². The Bertz CT molecular complexity index is 725. The summed E-state index contributed by atoms with van der Waals surface area (Å²) < 4.78 is 27.8. The minimum atomic E-state index is -1.41. The maximum atomic E-state index is 14.1. The highest BCUT2D eigenvalue weighted by Crippen LogP contribution is 2.32. The van der Waals surface area contributed by atoms with Crippen LogP contribution in [0.15, 0.2) is 21.1 Å². The largest absolute Gasteiger partial charge is 0.478 e. The van der Waals surface area contributed by atoms with E-state index in [0.717, 1.165) is 34.5 Å². The van der Waals surface area contributed by atoms with Gasteiger partial charge in [-0.3, -0.25) is 4.79 Å². The van der Waals surface area contributed by atoms with E-state index < -0.39 is 28.6 Å². The molecule has 0 spiro atoms. The zero-order valence-electron chi connectivity index (χ0n) is 9.70. The quantitative estimate of drug-likeness (QED) is 0.883. The fourth-order valence-electron chi connectivity index (χ4n) is 1.61. The third-order valence-corrected chi connectivity index (χ3v) is 4.37. The van der Waals surface area contributed by atoms with Crippen molar-refractivity contribution in [3.05, 3.63) is 38.9 Å². The minimum absolute atomic E-state index is 0.0210. The van der Waals surface area contributed by atoms with E-state index in [1.165, 1.54) is 0 Å². The number of aromatic carboxylic acids is 1. The van der Waals surface area contributed by atoms with Crippen LogP contribution in [0.2, 0.25) is 0 Å². The summed E-state index contributed by atoms with van der Waals surface area (Å²) in [6, 6.07) is 0.904. The fraction of sp³-hybridized carbons (Fsp3) is 0.167. The van der Waals surface area contributed by atoms with Crippen molar-refractivity contribution in [1.82, 2.24) is 0 Å². The summed E-state index contributed by atoms with van der Waals surface area (Å²) in [5, 5.41) is 9.66. The van der Waals surface area contributed by atoms with Gasteiger partial charge in [-0.05, 0) is 11.8 Å². The number of benzene rings is 1. The van der Waals surface area contributed by atoms with Gasteiger partial charge >= 0.3 is 5.97 Å². The van der Waals surface area contributed by atoms with Crippen molar-refractivity contribution >= 4 is 39.2 Å². The number of carboxylic acids is 1. The van der Waals surface area contributed by atoms with E-state index in [-0.39, 0.29) is 15.0 Å². The highest BCUT2D eigenvalue weighted by molar-refractivity contribution is 7.99. The van der Waals surface area contributed by atoms with Crippen LogP contribution in [-0.4, -0.2) is 16.8 Å². The molecule has 0 aliphatic rings. The SMILES string of the molecule is CCSc1c(F)cc2c(=O)c(C(=O)O)csc2c1F. The zero-order valence-corrected chi connectivity index (χ0v) is 11.3. The number of carboxylic acid groups (broad SMARTS) is 1. The maximum absolute atomic E-state index is 14.1. The fourth-order valence-corrected chi connectivity index (χ4v) is 3.32. The van der Waals surface area contributed by atoms with Crippen molar-refractivity contribution in [2.75, 3.05) is 5.75 Å². The predicted octanol–water partition coefficient (Wildman–Crippen LogP) is 3.35. The highest BCUT2D eigenvalue weighted by Gasteiger charge is 2.19. The van der Waals surface area contributed by atoms with Crippen LogP contribution < -0.4 is 5.43 Å². The Kier molecular flexibility index (Phi) is 3.86. The Morgan fingerprint density at radius 3 is 2.74 bits per heavy atom. The summed E-state index contributed by atoms with van der Waals surface area (Å²) in [6.07, 6.45) is 0. The van der Waals surface area contributed by atoms with Gasteiger partial charge in [0, 0.05) is 10.8 Å². The molecule has 1 N–H and O–H groups in total. The lowest BCUT2D eigenvalue weighted by Crippen LogP contribution is -2.14. The molecule has 0 aliphatic heterocycles. The molecule has 0 unspecified atom stereocenters. The Morgan fingerprint density at radius 1 is 1.47 bits per heavy atom. The lowest BCUT2D eigenvalue weighted by atomic mass is 10.2. The van der Waals surface area contributed by atoms with Crippen LogP contribution in [0.25, 0.3) is 10.1 Å². The number of hydrogen-bond donors (Lipinski definition) is 1. The molecule has 0 atom stereocenters. The average molecular weight is 302 g/mol. The average Bonchev–Trinajstić information content (AvgIpc) is 2.35. The standard InChI is InChI=1S/C12H8F2O3S2/c1-2-18-11-7(13)3-5-9(15)6(12(16)17)4-19-10(5)8(11)14/h3-4H,2H2,1H3,(H,16,17).